The molecule has 21 heavy (non-hydrogen) atoms. The van der Waals surface area contributed by atoms with E-state index in [1.54, 1.807) is 12.1 Å². The smallest absolute Gasteiger partial charge is 0.234 e. The normalized spacial score (nSPS) is 19.2. The Kier molecular flexibility index (Phi) is 6.33. The molecule has 1 aliphatic heterocycles. The molecule has 0 aliphatic carbocycles. The van der Waals surface area contributed by atoms with Crippen LogP contribution in [0.3, 0.4) is 0 Å². The van der Waals surface area contributed by atoms with Crippen LogP contribution in [0.1, 0.15) is 26.2 Å². The van der Waals surface area contributed by atoms with Crippen molar-refractivity contribution in [1.29, 1.82) is 0 Å². The number of halogens is 1. The van der Waals surface area contributed by atoms with E-state index in [1.165, 1.54) is 19.3 Å². The number of amides is 1. The standard InChI is InChI=1S/C16H23ClN2O2/c1-13-4-2-3-10-19(13)12-16(20)18-9-11-21-15-7-5-14(17)6-8-15/h5-8,13H,2-4,9-12H2,1H3,(H,18,20)/t13-/m0/s1. The second-order valence-electron chi connectivity index (χ2n) is 5.47. The maximum absolute atomic E-state index is 11.9. The fourth-order valence-electron chi connectivity index (χ4n) is 2.52. The number of nitrogens with one attached hydrogen (secondary N) is 1. The number of benzene rings is 1. The van der Waals surface area contributed by atoms with E-state index in [0.717, 1.165) is 12.3 Å². The number of nitrogens with zero attached hydrogens (tertiary/aromatic N) is 1. The Hall–Kier alpha value is -1.26. The molecule has 1 amide bonds. The predicted molar refractivity (Wildman–Crippen MR) is 84.8 cm³/mol. The molecule has 1 aromatic carbocycles. The summed E-state index contributed by atoms with van der Waals surface area (Å²) in [6.07, 6.45) is 3.65. The summed E-state index contributed by atoms with van der Waals surface area (Å²) < 4.78 is 5.54. The Balaban J connectivity index is 1.61. The molecule has 0 saturated carbocycles. The van der Waals surface area contributed by atoms with E-state index in [9.17, 15) is 4.79 Å². The van der Waals surface area contributed by atoms with E-state index in [1.807, 2.05) is 12.1 Å². The Morgan fingerprint density at radius 3 is 2.86 bits per heavy atom. The molecule has 0 aromatic heterocycles. The van der Waals surface area contributed by atoms with Crippen LogP contribution >= 0.6 is 11.6 Å². The van der Waals surface area contributed by atoms with E-state index < -0.39 is 0 Å². The van der Waals surface area contributed by atoms with Gasteiger partial charge in [-0.05, 0) is 50.6 Å². The van der Waals surface area contributed by atoms with Crippen LogP contribution in [-0.2, 0) is 4.79 Å². The summed E-state index contributed by atoms with van der Waals surface area (Å²) in [5.41, 5.74) is 0. The van der Waals surface area contributed by atoms with Crippen LogP contribution in [0.2, 0.25) is 5.02 Å². The molecule has 1 heterocycles. The second kappa shape index (κ2) is 8.25. The number of hydrogen-bond donors (Lipinski definition) is 1. The lowest BCUT2D eigenvalue weighted by molar-refractivity contribution is -0.123. The summed E-state index contributed by atoms with van der Waals surface area (Å²) in [5, 5.41) is 3.59. The van der Waals surface area contributed by atoms with Gasteiger partial charge in [0, 0.05) is 11.1 Å². The summed E-state index contributed by atoms with van der Waals surface area (Å²) in [4.78, 5) is 14.1. The van der Waals surface area contributed by atoms with Crippen molar-refractivity contribution in [2.75, 3.05) is 26.2 Å². The van der Waals surface area contributed by atoms with Crippen molar-refractivity contribution in [3.8, 4) is 5.75 Å². The van der Waals surface area contributed by atoms with E-state index in [2.05, 4.69) is 17.1 Å². The Morgan fingerprint density at radius 2 is 2.14 bits per heavy atom. The van der Waals surface area contributed by atoms with E-state index in [-0.39, 0.29) is 5.91 Å². The number of piperidine rings is 1. The first-order valence-electron chi connectivity index (χ1n) is 7.54. The van der Waals surface area contributed by atoms with Gasteiger partial charge in [-0.25, -0.2) is 0 Å². The van der Waals surface area contributed by atoms with Crippen molar-refractivity contribution in [2.24, 2.45) is 0 Å². The minimum Gasteiger partial charge on any atom is -0.492 e. The second-order valence-corrected chi connectivity index (χ2v) is 5.90. The van der Waals surface area contributed by atoms with Gasteiger partial charge in [-0.1, -0.05) is 18.0 Å². The van der Waals surface area contributed by atoms with Crippen molar-refractivity contribution < 1.29 is 9.53 Å². The highest BCUT2D eigenvalue weighted by Gasteiger charge is 2.20. The van der Waals surface area contributed by atoms with Gasteiger partial charge in [0.05, 0.1) is 13.1 Å². The zero-order valence-electron chi connectivity index (χ0n) is 12.5. The summed E-state index contributed by atoms with van der Waals surface area (Å²) >= 11 is 5.80. The molecule has 5 heteroatoms. The van der Waals surface area contributed by atoms with Gasteiger partial charge >= 0.3 is 0 Å². The quantitative estimate of drug-likeness (QED) is 0.821. The number of hydrogen-bond acceptors (Lipinski definition) is 3. The van der Waals surface area contributed by atoms with Crippen molar-refractivity contribution in [2.45, 2.75) is 32.2 Å². The van der Waals surface area contributed by atoms with Crippen LogP contribution < -0.4 is 10.1 Å². The molecule has 116 valence electrons. The largest absolute Gasteiger partial charge is 0.492 e. The van der Waals surface area contributed by atoms with E-state index in [0.29, 0.717) is 30.8 Å². The lowest BCUT2D eigenvalue weighted by Gasteiger charge is -2.32. The Labute approximate surface area is 131 Å². The van der Waals surface area contributed by atoms with E-state index >= 15 is 0 Å². The van der Waals surface area contributed by atoms with Gasteiger partial charge in [0.25, 0.3) is 0 Å². The topological polar surface area (TPSA) is 41.6 Å². The number of rotatable bonds is 6. The third kappa shape index (κ3) is 5.56. The highest BCUT2D eigenvalue weighted by atomic mass is 35.5. The van der Waals surface area contributed by atoms with Crippen molar-refractivity contribution >= 4 is 17.5 Å². The minimum atomic E-state index is 0.0726. The molecule has 1 N–H and O–H groups in total. The van der Waals surface area contributed by atoms with Crippen LogP contribution in [0, 0.1) is 0 Å². The monoisotopic (exact) mass is 310 g/mol. The molecule has 1 saturated heterocycles. The van der Waals surface area contributed by atoms with Gasteiger partial charge in [-0.15, -0.1) is 0 Å². The third-order valence-corrected chi connectivity index (χ3v) is 4.05. The van der Waals surface area contributed by atoms with Crippen molar-refractivity contribution in [3.05, 3.63) is 29.3 Å². The highest BCUT2D eigenvalue weighted by Crippen LogP contribution is 2.16. The molecule has 4 nitrogen and oxygen atoms in total. The molecule has 0 bridgehead atoms. The lowest BCUT2D eigenvalue weighted by atomic mass is 10.0. The maximum Gasteiger partial charge on any atom is 0.234 e. The molecule has 0 spiro atoms. The number of likely N-dealkylation sites (tertiary alicyclic amines) is 1. The van der Waals surface area contributed by atoms with Gasteiger partial charge < -0.3 is 10.1 Å². The molecule has 1 aromatic rings. The van der Waals surface area contributed by atoms with Gasteiger partial charge in [0.1, 0.15) is 12.4 Å². The summed E-state index contributed by atoms with van der Waals surface area (Å²) in [5.74, 6) is 0.835. The molecular weight excluding hydrogens is 288 g/mol. The Morgan fingerprint density at radius 1 is 1.38 bits per heavy atom. The molecular formula is C16H23ClN2O2. The van der Waals surface area contributed by atoms with Gasteiger partial charge in [-0.2, -0.15) is 0 Å². The lowest BCUT2D eigenvalue weighted by Crippen LogP contribution is -2.44. The van der Waals surface area contributed by atoms with Crippen LogP contribution in [0.4, 0.5) is 0 Å². The van der Waals surface area contributed by atoms with Crippen LogP contribution in [0.15, 0.2) is 24.3 Å². The van der Waals surface area contributed by atoms with Crippen LogP contribution in [0.5, 0.6) is 5.75 Å². The average molecular weight is 311 g/mol. The van der Waals surface area contributed by atoms with Crippen LogP contribution in [-0.4, -0.2) is 43.1 Å². The van der Waals surface area contributed by atoms with Gasteiger partial charge in [0.15, 0.2) is 0 Å². The number of carbonyl (C=O) groups is 1. The summed E-state index contributed by atoms with van der Waals surface area (Å²) in [7, 11) is 0. The molecule has 1 aliphatic rings. The summed E-state index contributed by atoms with van der Waals surface area (Å²) in [6.45, 7) is 4.68. The first-order valence-corrected chi connectivity index (χ1v) is 7.92. The fourth-order valence-corrected chi connectivity index (χ4v) is 2.65. The predicted octanol–water partition coefficient (Wildman–Crippen LogP) is 2.71. The minimum absolute atomic E-state index is 0.0726. The zero-order chi connectivity index (χ0) is 15.1. The Bertz CT molecular complexity index is 450. The SMILES string of the molecule is C[C@H]1CCCCN1CC(=O)NCCOc1ccc(Cl)cc1. The summed E-state index contributed by atoms with van der Waals surface area (Å²) in [6, 6.07) is 7.72. The average Bonchev–Trinajstić information content (AvgIpc) is 2.48. The third-order valence-electron chi connectivity index (χ3n) is 3.79. The number of ether oxygens (including phenoxy) is 1. The van der Waals surface area contributed by atoms with Gasteiger partial charge in [0.2, 0.25) is 5.91 Å². The molecule has 1 atom stereocenters. The van der Waals surface area contributed by atoms with Gasteiger partial charge in [-0.3, -0.25) is 9.69 Å². The fraction of sp³-hybridized carbons (Fsp3) is 0.562. The zero-order valence-corrected chi connectivity index (χ0v) is 13.2. The van der Waals surface area contributed by atoms with E-state index in [4.69, 9.17) is 16.3 Å². The first kappa shape index (κ1) is 16.1. The highest BCUT2D eigenvalue weighted by molar-refractivity contribution is 6.30. The molecule has 0 unspecified atom stereocenters. The van der Waals surface area contributed by atoms with Crippen LogP contribution in [0.25, 0.3) is 0 Å². The van der Waals surface area contributed by atoms with Crippen molar-refractivity contribution in [1.82, 2.24) is 10.2 Å². The molecule has 1 fully saturated rings. The first-order chi connectivity index (χ1) is 10.1. The van der Waals surface area contributed by atoms with Crippen molar-refractivity contribution in [3.63, 3.8) is 0 Å². The molecule has 0 radical (unpaired) electrons. The molecule has 2 rings (SSSR count). The maximum atomic E-state index is 11.9. The number of carbonyl (C=O) groups excluding carboxylic acids is 1.